The number of carbonyl (C=O) groups excluding carboxylic acids is 1. The molecule has 0 saturated carbocycles. The molecule has 4 nitrogen and oxygen atoms in total. The van der Waals surface area contributed by atoms with Crippen molar-refractivity contribution in [1.29, 1.82) is 0 Å². The Labute approximate surface area is 117 Å². The lowest BCUT2D eigenvalue weighted by atomic mass is 10.1. The van der Waals surface area contributed by atoms with Crippen LogP contribution in [-0.4, -0.2) is 30.2 Å². The molecule has 0 aliphatic rings. The Morgan fingerprint density at radius 3 is 2.32 bits per heavy atom. The summed E-state index contributed by atoms with van der Waals surface area (Å²) in [6.45, 7) is 1.41. The number of methoxy groups -OCH3 is 2. The first-order valence-corrected chi connectivity index (χ1v) is 6.59. The molecule has 1 N–H and O–H groups in total. The van der Waals surface area contributed by atoms with Gasteiger partial charge in [-0.25, -0.2) is 0 Å². The Kier molecular flexibility index (Phi) is 6.26. The minimum Gasteiger partial charge on any atom is -0.495 e. The van der Waals surface area contributed by atoms with E-state index in [1.807, 2.05) is 0 Å². The number of aliphatic hydroxyl groups is 1. The third-order valence-electron chi connectivity index (χ3n) is 2.31. The van der Waals surface area contributed by atoms with Gasteiger partial charge in [-0.2, -0.15) is 0 Å². The second-order valence-electron chi connectivity index (χ2n) is 3.62. The first-order chi connectivity index (χ1) is 9.12. The lowest BCUT2D eigenvalue weighted by Gasteiger charge is -2.10. The first-order valence-electron chi connectivity index (χ1n) is 5.60. The van der Waals surface area contributed by atoms with E-state index >= 15 is 0 Å². The predicted molar refractivity (Wildman–Crippen MR) is 75.5 cm³/mol. The van der Waals surface area contributed by atoms with Crippen LogP contribution in [0.4, 0.5) is 0 Å². The zero-order chi connectivity index (χ0) is 14.3. The Hall–Kier alpha value is -1.64. The summed E-state index contributed by atoms with van der Waals surface area (Å²) >= 11 is 1.15. The van der Waals surface area contributed by atoms with E-state index in [-0.39, 0.29) is 11.7 Å². The molecule has 0 amide bonds. The number of carbonyl (C=O) groups is 1. The maximum Gasteiger partial charge on any atom is 0.186 e. The second-order valence-corrected chi connectivity index (χ2v) is 4.77. The zero-order valence-electron chi connectivity index (χ0n) is 11.1. The van der Waals surface area contributed by atoms with E-state index in [4.69, 9.17) is 14.6 Å². The van der Waals surface area contributed by atoms with Gasteiger partial charge < -0.3 is 14.6 Å². The fourth-order valence-corrected chi connectivity index (χ4v) is 1.79. The molecule has 0 radical (unpaired) electrons. The molecule has 5 heteroatoms. The second kappa shape index (κ2) is 7.72. The summed E-state index contributed by atoms with van der Waals surface area (Å²) in [6.07, 6.45) is 0. The molecule has 0 unspecified atom stereocenters. The molecule has 0 atom stereocenters. The van der Waals surface area contributed by atoms with Gasteiger partial charge in [-0.05, 0) is 17.7 Å². The van der Waals surface area contributed by atoms with Crippen molar-refractivity contribution in [2.75, 3.05) is 20.0 Å². The molecule has 1 aromatic rings. The van der Waals surface area contributed by atoms with Crippen LogP contribution < -0.4 is 9.47 Å². The number of rotatable bonds is 4. The summed E-state index contributed by atoms with van der Waals surface area (Å²) in [6, 6.07) is 3.43. The summed E-state index contributed by atoms with van der Waals surface area (Å²) in [5.41, 5.74) is 1.31. The predicted octanol–water partition coefficient (Wildman–Crippen LogP) is 1.83. The molecule has 0 heterocycles. The molecule has 0 bridgehead atoms. The highest BCUT2D eigenvalue weighted by Crippen LogP contribution is 2.29. The van der Waals surface area contributed by atoms with Gasteiger partial charge in [0.15, 0.2) is 5.12 Å². The fourth-order valence-electron chi connectivity index (χ4n) is 1.44. The van der Waals surface area contributed by atoms with Crippen LogP contribution in [-0.2, 0) is 11.4 Å². The third-order valence-corrected chi connectivity index (χ3v) is 3.00. The van der Waals surface area contributed by atoms with Crippen LogP contribution >= 0.6 is 11.8 Å². The summed E-state index contributed by atoms with van der Waals surface area (Å²) in [4.78, 5) is 10.8. The van der Waals surface area contributed by atoms with Crippen LogP contribution in [0.1, 0.15) is 18.1 Å². The van der Waals surface area contributed by atoms with Crippen molar-refractivity contribution in [1.82, 2.24) is 0 Å². The number of hydrogen-bond acceptors (Lipinski definition) is 5. The molecule has 0 aliphatic carbocycles. The highest BCUT2D eigenvalue weighted by molar-refractivity contribution is 8.13. The van der Waals surface area contributed by atoms with Crippen LogP contribution in [0.5, 0.6) is 11.5 Å². The molecule has 0 fully saturated rings. The van der Waals surface area contributed by atoms with Crippen molar-refractivity contribution in [2.45, 2.75) is 13.5 Å². The van der Waals surface area contributed by atoms with Gasteiger partial charge in [0.25, 0.3) is 0 Å². The van der Waals surface area contributed by atoms with Crippen LogP contribution in [0.2, 0.25) is 0 Å². The van der Waals surface area contributed by atoms with Crippen LogP contribution in [0, 0.1) is 11.8 Å². The molecular weight excluding hydrogens is 264 g/mol. The van der Waals surface area contributed by atoms with Crippen molar-refractivity contribution in [3.63, 3.8) is 0 Å². The lowest BCUT2D eigenvalue weighted by molar-refractivity contribution is -0.109. The number of aliphatic hydroxyl groups excluding tert-OH is 1. The molecule has 1 rings (SSSR count). The lowest BCUT2D eigenvalue weighted by Crippen LogP contribution is -1.96. The monoisotopic (exact) mass is 280 g/mol. The van der Waals surface area contributed by atoms with Crippen LogP contribution in [0.3, 0.4) is 0 Å². The van der Waals surface area contributed by atoms with Gasteiger partial charge >= 0.3 is 0 Å². The summed E-state index contributed by atoms with van der Waals surface area (Å²) in [5, 5.41) is 9.19. The molecular formula is C14H16O4S. The van der Waals surface area contributed by atoms with E-state index in [0.717, 1.165) is 11.8 Å². The topological polar surface area (TPSA) is 55.8 Å². The maximum atomic E-state index is 10.8. The Morgan fingerprint density at radius 1 is 1.32 bits per heavy atom. The van der Waals surface area contributed by atoms with Gasteiger partial charge in [0.2, 0.25) is 0 Å². The third kappa shape index (κ3) is 4.51. The molecule has 0 aliphatic heterocycles. The van der Waals surface area contributed by atoms with E-state index in [1.54, 1.807) is 12.1 Å². The number of thioether (sulfide) groups is 1. The molecule has 1 aromatic carbocycles. The zero-order valence-corrected chi connectivity index (χ0v) is 12.0. The van der Waals surface area contributed by atoms with Gasteiger partial charge in [0, 0.05) is 6.92 Å². The summed E-state index contributed by atoms with van der Waals surface area (Å²) in [7, 11) is 3.07. The Balaban J connectivity index is 3.06. The van der Waals surface area contributed by atoms with E-state index in [0.29, 0.717) is 28.4 Å². The van der Waals surface area contributed by atoms with Gasteiger partial charge in [-0.1, -0.05) is 23.6 Å². The van der Waals surface area contributed by atoms with Gasteiger partial charge in [-0.3, -0.25) is 4.79 Å². The molecule has 19 heavy (non-hydrogen) atoms. The van der Waals surface area contributed by atoms with Gasteiger partial charge in [0.1, 0.15) is 17.1 Å². The van der Waals surface area contributed by atoms with Crippen molar-refractivity contribution in [3.8, 4) is 23.3 Å². The maximum absolute atomic E-state index is 10.8. The number of hydrogen-bond donors (Lipinski definition) is 1. The molecule has 0 saturated heterocycles. The van der Waals surface area contributed by atoms with Gasteiger partial charge in [-0.15, -0.1) is 0 Å². The largest absolute Gasteiger partial charge is 0.495 e. The van der Waals surface area contributed by atoms with E-state index in [1.165, 1.54) is 21.1 Å². The average Bonchev–Trinajstić information content (AvgIpc) is 2.42. The normalized spacial score (nSPS) is 9.47. The van der Waals surface area contributed by atoms with E-state index < -0.39 is 0 Å². The van der Waals surface area contributed by atoms with Crippen molar-refractivity contribution in [3.05, 3.63) is 23.3 Å². The fraction of sp³-hybridized carbons (Fsp3) is 0.357. The molecule has 0 aromatic heterocycles. The summed E-state index contributed by atoms with van der Waals surface area (Å²) in [5.74, 6) is 7.34. The summed E-state index contributed by atoms with van der Waals surface area (Å²) < 4.78 is 10.5. The van der Waals surface area contributed by atoms with E-state index in [9.17, 15) is 4.79 Å². The standard InChI is InChI=1S/C14H16O4S/c1-10(16)19-6-4-5-12-13(17-2)7-11(9-15)8-14(12)18-3/h7-8,15H,6,9H2,1-3H3. The van der Waals surface area contributed by atoms with Crippen LogP contribution in [0.25, 0.3) is 0 Å². The van der Waals surface area contributed by atoms with Crippen LogP contribution in [0.15, 0.2) is 12.1 Å². The highest BCUT2D eigenvalue weighted by Gasteiger charge is 2.10. The minimum atomic E-state index is -0.0966. The minimum absolute atomic E-state index is 0.0314. The van der Waals surface area contributed by atoms with Crippen molar-refractivity contribution < 1.29 is 19.4 Å². The first kappa shape index (κ1) is 15.4. The quantitative estimate of drug-likeness (QED) is 0.853. The van der Waals surface area contributed by atoms with Crippen molar-refractivity contribution in [2.24, 2.45) is 0 Å². The Bertz CT molecular complexity index is 489. The number of ether oxygens (including phenoxy) is 2. The molecule has 0 spiro atoms. The van der Waals surface area contributed by atoms with Gasteiger partial charge in [0.05, 0.1) is 26.6 Å². The van der Waals surface area contributed by atoms with E-state index in [2.05, 4.69) is 11.8 Å². The number of benzene rings is 1. The molecule has 102 valence electrons. The average molecular weight is 280 g/mol. The smallest absolute Gasteiger partial charge is 0.186 e. The Morgan fingerprint density at radius 2 is 1.89 bits per heavy atom. The SMILES string of the molecule is COc1cc(CO)cc(OC)c1C#CCSC(C)=O. The van der Waals surface area contributed by atoms with Crippen molar-refractivity contribution >= 4 is 16.9 Å². The highest BCUT2D eigenvalue weighted by atomic mass is 32.2.